The summed E-state index contributed by atoms with van der Waals surface area (Å²) >= 11 is 0. The lowest BCUT2D eigenvalue weighted by Crippen LogP contribution is -2.30. The zero-order valence-electron chi connectivity index (χ0n) is 11.8. The van der Waals surface area contributed by atoms with Gasteiger partial charge >= 0.3 is 0 Å². The lowest BCUT2D eigenvalue weighted by atomic mass is 10.1. The van der Waals surface area contributed by atoms with Crippen LogP contribution >= 0.6 is 0 Å². The smallest absolute Gasteiger partial charge is 0.222 e. The van der Waals surface area contributed by atoms with Crippen molar-refractivity contribution < 1.29 is 9.63 Å². The number of hydroxylamine groups is 1. The Morgan fingerprint density at radius 1 is 1.53 bits per heavy atom. The van der Waals surface area contributed by atoms with E-state index in [1.807, 2.05) is 4.90 Å². The Labute approximate surface area is 114 Å². The van der Waals surface area contributed by atoms with Gasteiger partial charge in [-0.3, -0.25) is 15.1 Å². The molecule has 0 aliphatic carbocycles. The fraction of sp³-hybridized carbons (Fsp3) is 0.643. The van der Waals surface area contributed by atoms with Crippen LogP contribution in [0, 0.1) is 0 Å². The topological polar surface area (TPSA) is 44.8 Å². The van der Waals surface area contributed by atoms with Gasteiger partial charge in [-0.2, -0.15) is 0 Å². The van der Waals surface area contributed by atoms with Gasteiger partial charge in [0.1, 0.15) is 0 Å². The van der Waals surface area contributed by atoms with Crippen molar-refractivity contribution >= 4 is 5.91 Å². The summed E-state index contributed by atoms with van der Waals surface area (Å²) in [5.41, 5.74) is 5.16. The molecule has 0 spiro atoms. The average molecular weight is 265 g/mol. The molecule has 2 rings (SSSR count). The number of likely N-dealkylation sites (tertiary alicyclic amines) is 1. The summed E-state index contributed by atoms with van der Waals surface area (Å²) in [5, 5.41) is 0. The Morgan fingerprint density at radius 3 is 3.00 bits per heavy atom. The van der Waals surface area contributed by atoms with E-state index in [-0.39, 0.29) is 5.91 Å². The summed E-state index contributed by atoms with van der Waals surface area (Å²) in [6.45, 7) is 3.53. The second-order valence-corrected chi connectivity index (χ2v) is 5.12. The van der Waals surface area contributed by atoms with Crippen molar-refractivity contribution in [1.82, 2.24) is 15.3 Å². The van der Waals surface area contributed by atoms with Gasteiger partial charge in [-0.1, -0.05) is 6.08 Å². The standard InChI is InChI=1S/C14H23N3O2/c1-16-8-3-5-12(11-16)13(15-19-2)7-10-17-9-4-6-14(17)18/h5,7,15H,3-4,6,8-11H2,1-2H3. The molecule has 0 unspecified atom stereocenters. The molecule has 2 heterocycles. The van der Waals surface area contributed by atoms with Gasteiger partial charge in [0.15, 0.2) is 0 Å². The van der Waals surface area contributed by atoms with E-state index in [9.17, 15) is 4.79 Å². The summed E-state index contributed by atoms with van der Waals surface area (Å²) in [5.74, 6) is 0.253. The summed E-state index contributed by atoms with van der Waals surface area (Å²) in [6.07, 6.45) is 7.01. The predicted molar refractivity (Wildman–Crippen MR) is 74.2 cm³/mol. The molecule has 0 radical (unpaired) electrons. The number of hydrogen-bond donors (Lipinski definition) is 1. The molecule has 1 amide bonds. The lowest BCUT2D eigenvalue weighted by Gasteiger charge is -2.25. The van der Waals surface area contributed by atoms with Crippen molar-refractivity contribution in [2.45, 2.75) is 19.3 Å². The van der Waals surface area contributed by atoms with E-state index in [0.717, 1.165) is 38.2 Å². The quantitative estimate of drug-likeness (QED) is 0.750. The van der Waals surface area contributed by atoms with Crippen molar-refractivity contribution in [3.8, 4) is 0 Å². The second-order valence-electron chi connectivity index (χ2n) is 5.12. The number of rotatable bonds is 5. The molecular weight excluding hydrogens is 242 g/mol. The largest absolute Gasteiger partial charge is 0.339 e. The Bertz CT molecular complexity index is 390. The lowest BCUT2D eigenvalue weighted by molar-refractivity contribution is -0.127. The van der Waals surface area contributed by atoms with Crippen LogP contribution in [0.15, 0.2) is 23.4 Å². The number of nitrogens with one attached hydrogen (secondary N) is 1. The van der Waals surface area contributed by atoms with Crippen LogP contribution < -0.4 is 5.48 Å². The molecular formula is C14H23N3O2. The first-order chi connectivity index (χ1) is 9.20. The molecule has 0 saturated carbocycles. The van der Waals surface area contributed by atoms with Crippen molar-refractivity contribution in [1.29, 1.82) is 0 Å². The third kappa shape index (κ3) is 3.81. The van der Waals surface area contributed by atoms with Crippen LogP contribution in [0.1, 0.15) is 19.3 Å². The highest BCUT2D eigenvalue weighted by atomic mass is 16.6. The van der Waals surface area contributed by atoms with Gasteiger partial charge in [-0.05, 0) is 31.5 Å². The molecule has 1 fully saturated rings. The first-order valence-electron chi connectivity index (χ1n) is 6.85. The van der Waals surface area contributed by atoms with Crippen molar-refractivity contribution in [2.75, 3.05) is 40.3 Å². The fourth-order valence-corrected chi connectivity index (χ4v) is 2.54. The Hall–Kier alpha value is -1.33. The van der Waals surface area contributed by atoms with E-state index < -0.39 is 0 Å². The molecule has 2 aliphatic rings. The molecule has 5 heteroatoms. The van der Waals surface area contributed by atoms with Crippen molar-refractivity contribution in [3.05, 3.63) is 23.4 Å². The number of nitrogens with zero attached hydrogens (tertiary/aromatic N) is 2. The molecule has 0 bridgehead atoms. The summed E-state index contributed by atoms with van der Waals surface area (Å²) in [7, 11) is 3.73. The third-order valence-electron chi connectivity index (χ3n) is 3.59. The molecule has 5 nitrogen and oxygen atoms in total. The molecule has 19 heavy (non-hydrogen) atoms. The molecule has 0 aromatic heterocycles. The minimum atomic E-state index is 0.253. The first-order valence-corrected chi connectivity index (χ1v) is 6.85. The first kappa shape index (κ1) is 14.1. The maximum atomic E-state index is 11.6. The summed E-state index contributed by atoms with van der Waals surface area (Å²) in [4.78, 5) is 20.8. The highest BCUT2D eigenvalue weighted by Gasteiger charge is 2.19. The van der Waals surface area contributed by atoms with Gasteiger partial charge in [0.05, 0.1) is 12.8 Å². The van der Waals surface area contributed by atoms with E-state index in [1.54, 1.807) is 7.11 Å². The third-order valence-corrected chi connectivity index (χ3v) is 3.59. The van der Waals surface area contributed by atoms with Gasteiger partial charge in [-0.25, -0.2) is 0 Å². The Balaban J connectivity index is 2.02. The van der Waals surface area contributed by atoms with Crippen LogP contribution in [0.4, 0.5) is 0 Å². The predicted octanol–water partition coefficient (Wildman–Crippen LogP) is 0.906. The van der Waals surface area contributed by atoms with Crippen molar-refractivity contribution in [3.63, 3.8) is 0 Å². The van der Waals surface area contributed by atoms with Gasteiger partial charge in [0, 0.05) is 32.6 Å². The summed E-state index contributed by atoms with van der Waals surface area (Å²) in [6, 6.07) is 0. The molecule has 106 valence electrons. The van der Waals surface area contributed by atoms with Crippen LogP contribution in [0.5, 0.6) is 0 Å². The van der Waals surface area contributed by atoms with Crippen LogP contribution in [-0.4, -0.2) is 56.0 Å². The zero-order chi connectivity index (χ0) is 13.7. The monoisotopic (exact) mass is 265 g/mol. The molecule has 2 aliphatic heterocycles. The maximum Gasteiger partial charge on any atom is 0.222 e. The normalized spacial score (nSPS) is 21.8. The number of amides is 1. The zero-order valence-corrected chi connectivity index (χ0v) is 11.8. The second kappa shape index (κ2) is 6.73. The van der Waals surface area contributed by atoms with E-state index in [4.69, 9.17) is 4.84 Å². The van der Waals surface area contributed by atoms with E-state index >= 15 is 0 Å². The minimum Gasteiger partial charge on any atom is -0.339 e. The van der Waals surface area contributed by atoms with Crippen LogP contribution in [0.2, 0.25) is 0 Å². The number of likely N-dealkylation sites (N-methyl/N-ethyl adjacent to an activating group) is 1. The molecule has 1 saturated heterocycles. The van der Waals surface area contributed by atoms with E-state index in [0.29, 0.717) is 13.0 Å². The van der Waals surface area contributed by atoms with Gasteiger partial charge in [0.2, 0.25) is 5.91 Å². The van der Waals surface area contributed by atoms with Crippen LogP contribution in [-0.2, 0) is 9.63 Å². The van der Waals surface area contributed by atoms with E-state index in [1.165, 1.54) is 5.57 Å². The van der Waals surface area contributed by atoms with Crippen molar-refractivity contribution in [2.24, 2.45) is 0 Å². The Kier molecular flexibility index (Phi) is 4.99. The number of hydrogen-bond acceptors (Lipinski definition) is 4. The molecule has 0 atom stereocenters. The molecule has 1 N–H and O–H groups in total. The van der Waals surface area contributed by atoms with E-state index in [2.05, 4.69) is 29.6 Å². The van der Waals surface area contributed by atoms with Gasteiger partial charge in [-0.15, -0.1) is 0 Å². The van der Waals surface area contributed by atoms with Crippen LogP contribution in [0.3, 0.4) is 0 Å². The minimum absolute atomic E-state index is 0.253. The number of carbonyl (C=O) groups excluding carboxylic acids is 1. The Morgan fingerprint density at radius 2 is 2.37 bits per heavy atom. The molecule has 0 aromatic rings. The van der Waals surface area contributed by atoms with Gasteiger partial charge < -0.3 is 9.80 Å². The SMILES string of the molecule is CONC(=CCN1CCCC1=O)C1=CCCN(C)C1. The molecule has 0 aromatic carbocycles. The van der Waals surface area contributed by atoms with Gasteiger partial charge in [0.25, 0.3) is 0 Å². The highest BCUT2D eigenvalue weighted by Crippen LogP contribution is 2.16. The summed E-state index contributed by atoms with van der Waals surface area (Å²) < 4.78 is 0. The fourth-order valence-electron chi connectivity index (χ4n) is 2.54. The number of carbonyl (C=O) groups is 1. The maximum absolute atomic E-state index is 11.6. The highest BCUT2D eigenvalue weighted by molar-refractivity contribution is 5.78. The van der Waals surface area contributed by atoms with Crippen LogP contribution in [0.25, 0.3) is 0 Å². The average Bonchev–Trinajstić information content (AvgIpc) is 2.80.